The van der Waals surface area contributed by atoms with Crippen LogP contribution in [0.2, 0.25) is 0 Å². The maximum atomic E-state index is 12.4. The number of aryl methyl sites for hydroxylation is 2. The van der Waals surface area contributed by atoms with Crippen LogP contribution >= 0.6 is 0 Å². The lowest BCUT2D eigenvalue weighted by Crippen LogP contribution is -2.21. The quantitative estimate of drug-likeness (QED) is 0.823. The number of benzene rings is 2. The first-order valence-corrected chi connectivity index (χ1v) is 8.00. The molecule has 2 N–H and O–H groups in total. The Morgan fingerprint density at radius 3 is 2.16 bits per heavy atom. The number of urea groups is 1. The van der Waals surface area contributed by atoms with E-state index in [0.717, 1.165) is 23.2 Å². The molecule has 0 bridgehead atoms. The molecule has 6 heteroatoms. The van der Waals surface area contributed by atoms with Crippen LogP contribution in [0.3, 0.4) is 0 Å². The van der Waals surface area contributed by atoms with Gasteiger partial charge in [-0.05, 0) is 24.5 Å². The molecule has 0 saturated carbocycles. The maximum Gasteiger partial charge on any atom is 0.323 e. The lowest BCUT2D eigenvalue weighted by atomic mass is 10.1. The second-order valence-corrected chi connectivity index (χ2v) is 5.46. The van der Waals surface area contributed by atoms with E-state index in [-0.39, 0.29) is 6.03 Å². The average Bonchev–Trinajstić information content (AvgIpc) is 2.62. The summed E-state index contributed by atoms with van der Waals surface area (Å²) in [5, 5.41) is 5.72. The fourth-order valence-electron chi connectivity index (χ4n) is 2.63. The van der Waals surface area contributed by atoms with Crippen LogP contribution in [0.25, 0.3) is 0 Å². The molecule has 0 atom stereocenters. The zero-order chi connectivity index (χ0) is 18.4. The molecule has 0 aliphatic rings. The van der Waals surface area contributed by atoms with Gasteiger partial charge in [0.25, 0.3) is 0 Å². The Morgan fingerprint density at radius 1 is 1.00 bits per heavy atom. The van der Waals surface area contributed by atoms with Gasteiger partial charge in [-0.2, -0.15) is 0 Å². The fraction of sp³-hybridized carbons (Fsp3) is 0.316. The van der Waals surface area contributed by atoms with Crippen molar-refractivity contribution in [3.8, 4) is 17.2 Å². The van der Waals surface area contributed by atoms with E-state index in [1.54, 1.807) is 12.1 Å². The molecule has 2 rings (SSSR count). The highest BCUT2D eigenvalue weighted by atomic mass is 16.5. The van der Waals surface area contributed by atoms with Gasteiger partial charge in [0.15, 0.2) is 11.5 Å². The monoisotopic (exact) mass is 344 g/mol. The van der Waals surface area contributed by atoms with E-state index in [1.165, 1.54) is 21.3 Å². The Hall–Kier alpha value is -2.89. The zero-order valence-corrected chi connectivity index (χ0v) is 15.2. The lowest BCUT2D eigenvalue weighted by Gasteiger charge is -2.16. The van der Waals surface area contributed by atoms with Crippen molar-refractivity contribution in [3.63, 3.8) is 0 Å². The van der Waals surface area contributed by atoms with Crippen molar-refractivity contribution in [2.24, 2.45) is 0 Å². The Labute approximate surface area is 148 Å². The van der Waals surface area contributed by atoms with Crippen LogP contribution in [0.1, 0.15) is 18.1 Å². The average molecular weight is 344 g/mol. The van der Waals surface area contributed by atoms with Crippen molar-refractivity contribution in [2.75, 3.05) is 32.0 Å². The summed E-state index contributed by atoms with van der Waals surface area (Å²) < 4.78 is 15.9. The van der Waals surface area contributed by atoms with E-state index < -0.39 is 0 Å². The smallest absolute Gasteiger partial charge is 0.323 e. The molecule has 25 heavy (non-hydrogen) atoms. The summed E-state index contributed by atoms with van der Waals surface area (Å²) in [6.07, 6.45) is 0.835. The first kappa shape index (κ1) is 18.4. The summed E-state index contributed by atoms with van der Waals surface area (Å²) in [5.74, 6) is 1.42. The van der Waals surface area contributed by atoms with Gasteiger partial charge in [-0.1, -0.05) is 25.1 Å². The van der Waals surface area contributed by atoms with Crippen LogP contribution in [-0.4, -0.2) is 27.4 Å². The van der Waals surface area contributed by atoms with Gasteiger partial charge in [-0.3, -0.25) is 0 Å². The molecule has 2 amide bonds. The highest BCUT2D eigenvalue weighted by molar-refractivity contribution is 6.01. The zero-order valence-electron chi connectivity index (χ0n) is 15.2. The van der Waals surface area contributed by atoms with Gasteiger partial charge in [0, 0.05) is 17.8 Å². The number of nitrogens with one attached hydrogen (secondary N) is 2. The third-order valence-electron chi connectivity index (χ3n) is 3.90. The number of rotatable bonds is 6. The standard InChI is InChI=1S/C19H24N2O4/c1-6-13-9-7-8-12(2)17(13)21-19(22)20-14-10-15(23-3)18(25-5)16(11-14)24-4/h7-11H,6H2,1-5H3,(H2,20,21,22). The highest BCUT2D eigenvalue weighted by Crippen LogP contribution is 2.40. The van der Waals surface area contributed by atoms with Crippen molar-refractivity contribution in [3.05, 3.63) is 41.5 Å². The molecule has 0 heterocycles. The van der Waals surface area contributed by atoms with Crippen molar-refractivity contribution >= 4 is 17.4 Å². The van der Waals surface area contributed by atoms with E-state index in [1.807, 2.05) is 25.1 Å². The van der Waals surface area contributed by atoms with Gasteiger partial charge in [0.05, 0.1) is 27.0 Å². The maximum absolute atomic E-state index is 12.4. The third-order valence-corrected chi connectivity index (χ3v) is 3.90. The molecular formula is C19H24N2O4. The minimum atomic E-state index is -0.335. The Kier molecular flexibility index (Phi) is 6.11. The molecule has 0 radical (unpaired) electrons. The lowest BCUT2D eigenvalue weighted by molar-refractivity contribution is 0.262. The summed E-state index contributed by atoms with van der Waals surface area (Å²) >= 11 is 0. The fourth-order valence-corrected chi connectivity index (χ4v) is 2.63. The SMILES string of the molecule is CCc1cccc(C)c1NC(=O)Nc1cc(OC)c(OC)c(OC)c1. The number of anilines is 2. The first-order valence-electron chi connectivity index (χ1n) is 8.00. The van der Waals surface area contributed by atoms with E-state index in [4.69, 9.17) is 14.2 Å². The van der Waals surface area contributed by atoms with Crippen molar-refractivity contribution in [2.45, 2.75) is 20.3 Å². The van der Waals surface area contributed by atoms with Crippen molar-refractivity contribution < 1.29 is 19.0 Å². The van der Waals surface area contributed by atoms with Crippen LogP contribution in [-0.2, 0) is 6.42 Å². The number of amides is 2. The third kappa shape index (κ3) is 4.15. The summed E-state index contributed by atoms with van der Waals surface area (Å²) in [7, 11) is 4.59. The van der Waals surface area contributed by atoms with E-state index in [9.17, 15) is 4.79 Å². The molecule has 2 aromatic carbocycles. The van der Waals surface area contributed by atoms with Crippen LogP contribution in [0.4, 0.5) is 16.2 Å². The van der Waals surface area contributed by atoms with Gasteiger partial charge >= 0.3 is 6.03 Å². The summed E-state index contributed by atoms with van der Waals surface area (Å²) in [5.41, 5.74) is 3.47. The largest absolute Gasteiger partial charge is 0.493 e. The normalized spacial score (nSPS) is 10.1. The van der Waals surface area contributed by atoms with Crippen LogP contribution in [0.15, 0.2) is 30.3 Å². The van der Waals surface area contributed by atoms with Crippen molar-refractivity contribution in [1.29, 1.82) is 0 Å². The summed E-state index contributed by atoms with van der Waals surface area (Å²) in [6.45, 7) is 4.02. The highest BCUT2D eigenvalue weighted by Gasteiger charge is 2.15. The number of methoxy groups -OCH3 is 3. The van der Waals surface area contributed by atoms with Crippen LogP contribution in [0, 0.1) is 6.92 Å². The Balaban J connectivity index is 2.24. The Morgan fingerprint density at radius 2 is 1.64 bits per heavy atom. The number of para-hydroxylation sites is 1. The van der Waals surface area contributed by atoms with Gasteiger partial charge < -0.3 is 24.8 Å². The predicted molar refractivity (Wildman–Crippen MR) is 99.3 cm³/mol. The molecular weight excluding hydrogens is 320 g/mol. The minimum Gasteiger partial charge on any atom is -0.493 e. The van der Waals surface area contributed by atoms with Gasteiger partial charge in [0.1, 0.15) is 0 Å². The molecule has 0 saturated heterocycles. The van der Waals surface area contributed by atoms with Crippen molar-refractivity contribution in [1.82, 2.24) is 0 Å². The molecule has 0 fully saturated rings. The number of hydrogen-bond donors (Lipinski definition) is 2. The number of carbonyl (C=O) groups is 1. The van der Waals surface area contributed by atoms with Gasteiger partial charge in [-0.25, -0.2) is 4.79 Å². The minimum absolute atomic E-state index is 0.335. The second kappa shape index (κ2) is 8.28. The molecule has 0 spiro atoms. The topological polar surface area (TPSA) is 68.8 Å². The second-order valence-electron chi connectivity index (χ2n) is 5.46. The Bertz CT molecular complexity index is 734. The van der Waals surface area contributed by atoms with E-state index in [0.29, 0.717) is 22.9 Å². The summed E-state index contributed by atoms with van der Waals surface area (Å²) in [6, 6.07) is 8.98. The van der Waals surface area contributed by atoms with E-state index >= 15 is 0 Å². The molecule has 0 aliphatic heterocycles. The number of carbonyl (C=O) groups excluding carboxylic acids is 1. The van der Waals surface area contributed by atoms with Crippen LogP contribution < -0.4 is 24.8 Å². The molecule has 0 aromatic heterocycles. The summed E-state index contributed by atoms with van der Waals surface area (Å²) in [4.78, 5) is 12.4. The van der Waals surface area contributed by atoms with Crippen LogP contribution in [0.5, 0.6) is 17.2 Å². The molecule has 134 valence electrons. The predicted octanol–water partition coefficient (Wildman–Crippen LogP) is 4.23. The van der Waals surface area contributed by atoms with Gasteiger partial charge in [-0.15, -0.1) is 0 Å². The van der Waals surface area contributed by atoms with E-state index in [2.05, 4.69) is 17.6 Å². The van der Waals surface area contributed by atoms with Gasteiger partial charge in [0.2, 0.25) is 5.75 Å². The molecule has 0 aliphatic carbocycles. The first-order chi connectivity index (χ1) is 12.0. The number of ether oxygens (including phenoxy) is 3. The number of hydrogen-bond acceptors (Lipinski definition) is 4. The molecule has 2 aromatic rings. The molecule has 0 unspecified atom stereocenters. The molecule has 6 nitrogen and oxygen atoms in total.